The zero-order chi connectivity index (χ0) is 17.3. The van der Waals surface area contributed by atoms with Crippen LogP contribution < -0.4 is 5.32 Å². The van der Waals surface area contributed by atoms with Crippen LogP contribution >= 0.6 is 28.3 Å². The fraction of sp³-hybridized carbons (Fsp3) is 0.421. The topological polar surface area (TPSA) is 37.3 Å². The van der Waals surface area contributed by atoms with Gasteiger partial charge in [0.25, 0.3) is 5.91 Å². The van der Waals surface area contributed by atoms with Crippen LogP contribution in [0.4, 0.5) is 0 Å². The molecule has 1 aliphatic heterocycles. The van der Waals surface area contributed by atoms with Crippen molar-refractivity contribution in [3.8, 4) is 5.69 Å². The number of hydrogen-bond acceptors (Lipinski definition) is 2. The van der Waals surface area contributed by atoms with Gasteiger partial charge in [-0.2, -0.15) is 0 Å². The van der Waals surface area contributed by atoms with E-state index >= 15 is 0 Å². The third-order valence-corrected chi connectivity index (χ3v) is 5.47. The number of carbonyl (C=O) groups is 1. The van der Waals surface area contributed by atoms with Gasteiger partial charge < -0.3 is 14.8 Å². The lowest BCUT2D eigenvalue weighted by atomic mass is 10.0. The lowest BCUT2D eigenvalue weighted by Gasteiger charge is -2.31. The summed E-state index contributed by atoms with van der Waals surface area (Å²) in [6.07, 6.45) is 2.04. The summed E-state index contributed by atoms with van der Waals surface area (Å²) in [6, 6.07) is 10.7. The zero-order valence-corrected chi connectivity index (χ0v) is 17.3. The summed E-state index contributed by atoms with van der Waals surface area (Å²) in [5.74, 6) is 0.154. The first-order valence-corrected chi connectivity index (χ1v) is 9.22. The molecule has 0 atom stereocenters. The van der Waals surface area contributed by atoms with Gasteiger partial charge in [0.2, 0.25) is 0 Å². The first kappa shape index (κ1) is 20.0. The molecule has 6 heteroatoms. The quantitative estimate of drug-likeness (QED) is 0.802. The van der Waals surface area contributed by atoms with Crippen LogP contribution in [0.25, 0.3) is 5.69 Å². The van der Waals surface area contributed by atoms with E-state index in [2.05, 4.69) is 44.9 Å². The summed E-state index contributed by atoms with van der Waals surface area (Å²) < 4.78 is 3.21. The molecule has 25 heavy (non-hydrogen) atoms. The van der Waals surface area contributed by atoms with Crippen LogP contribution in [-0.4, -0.2) is 41.6 Å². The summed E-state index contributed by atoms with van der Waals surface area (Å²) >= 11 is 3.47. The Kier molecular flexibility index (Phi) is 6.72. The van der Waals surface area contributed by atoms with E-state index in [1.165, 1.54) is 0 Å². The number of nitrogens with one attached hydrogen (secondary N) is 1. The van der Waals surface area contributed by atoms with Crippen molar-refractivity contribution in [2.45, 2.75) is 32.7 Å². The normalized spacial score (nSPS) is 15.1. The highest BCUT2D eigenvalue weighted by Gasteiger charge is 2.25. The number of halogens is 2. The Morgan fingerprint density at radius 3 is 2.32 bits per heavy atom. The molecule has 0 aliphatic carbocycles. The predicted molar refractivity (Wildman–Crippen MR) is 108 cm³/mol. The van der Waals surface area contributed by atoms with Crippen LogP contribution in [0.5, 0.6) is 0 Å². The lowest BCUT2D eigenvalue weighted by Crippen LogP contribution is -2.44. The zero-order valence-electron chi connectivity index (χ0n) is 14.9. The summed E-state index contributed by atoms with van der Waals surface area (Å²) in [5, 5.41) is 3.31. The average Bonchev–Trinajstić information content (AvgIpc) is 2.90. The van der Waals surface area contributed by atoms with Gasteiger partial charge in [-0.3, -0.25) is 4.79 Å². The van der Waals surface area contributed by atoms with Crippen molar-refractivity contribution < 1.29 is 4.79 Å². The number of piperidine rings is 1. The summed E-state index contributed by atoms with van der Waals surface area (Å²) in [4.78, 5) is 14.9. The van der Waals surface area contributed by atoms with Gasteiger partial charge in [-0.25, -0.2) is 0 Å². The molecular formula is C19H25BrClN3O. The van der Waals surface area contributed by atoms with Gasteiger partial charge in [0.15, 0.2) is 0 Å². The molecule has 1 amide bonds. The second-order valence-corrected chi connectivity index (χ2v) is 7.37. The van der Waals surface area contributed by atoms with Gasteiger partial charge in [0.05, 0.1) is 5.56 Å². The highest BCUT2D eigenvalue weighted by Crippen LogP contribution is 2.24. The highest BCUT2D eigenvalue weighted by molar-refractivity contribution is 9.10. The number of aryl methyl sites for hydroxylation is 1. The van der Waals surface area contributed by atoms with E-state index in [0.717, 1.165) is 53.0 Å². The molecule has 2 aromatic rings. The van der Waals surface area contributed by atoms with Gasteiger partial charge in [0.1, 0.15) is 0 Å². The standard InChI is InChI=1S/C19H24BrN3O.ClH/c1-13-12-18(19(24)22-10-8-16(21-3)9-11-22)14(2)23(13)17-6-4-15(20)5-7-17;/h4-7,12,16,21H,8-11H2,1-3H3;1H. The number of likely N-dealkylation sites (tertiary alicyclic amines) is 1. The Hall–Kier alpha value is -1.30. The molecule has 1 aromatic heterocycles. The molecule has 0 radical (unpaired) electrons. The maximum Gasteiger partial charge on any atom is 0.255 e. The van der Waals surface area contributed by atoms with E-state index in [1.54, 1.807) is 0 Å². The molecule has 0 spiro atoms. The first-order chi connectivity index (χ1) is 11.5. The van der Waals surface area contributed by atoms with Crippen molar-refractivity contribution in [3.05, 3.63) is 51.8 Å². The van der Waals surface area contributed by atoms with E-state index < -0.39 is 0 Å². The molecule has 1 fully saturated rings. The van der Waals surface area contributed by atoms with Crippen LogP contribution in [0.3, 0.4) is 0 Å². The van der Waals surface area contributed by atoms with Gasteiger partial charge in [-0.05, 0) is 64.1 Å². The van der Waals surface area contributed by atoms with Crippen LogP contribution in [0.1, 0.15) is 34.6 Å². The van der Waals surface area contributed by atoms with Crippen molar-refractivity contribution in [3.63, 3.8) is 0 Å². The van der Waals surface area contributed by atoms with Gasteiger partial charge in [-0.15, -0.1) is 12.4 Å². The van der Waals surface area contributed by atoms with Crippen LogP contribution in [0, 0.1) is 13.8 Å². The van der Waals surface area contributed by atoms with Crippen molar-refractivity contribution >= 4 is 34.2 Å². The molecule has 0 saturated carbocycles. The molecule has 2 heterocycles. The fourth-order valence-corrected chi connectivity index (χ4v) is 3.77. The fourth-order valence-electron chi connectivity index (χ4n) is 3.51. The third kappa shape index (κ3) is 4.10. The molecule has 0 bridgehead atoms. The number of nitrogens with zero attached hydrogens (tertiary/aromatic N) is 2. The highest BCUT2D eigenvalue weighted by atomic mass is 79.9. The van der Waals surface area contributed by atoms with Crippen LogP contribution in [0.2, 0.25) is 0 Å². The average molecular weight is 427 g/mol. The molecule has 4 nitrogen and oxygen atoms in total. The molecule has 136 valence electrons. The van der Waals surface area contributed by atoms with Crippen molar-refractivity contribution in [2.24, 2.45) is 0 Å². The van der Waals surface area contributed by atoms with E-state index in [4.69, 9.17) is 0 Å². The number of carbonyl (C=O) groups excluding carboxylic acids is 1. The van der Waals surface area contributed by atoms with E-state index in [-0.39, 0.29) is 18.3 Å². The smallest absolute Gasteiger partial charge is 0.255 e. The molecular weight excluding hydrogens is 402 g/mol. The van der Waals surface area contributed by atoms with Crippen molar-refractivity contribution in [1.82, 2.24) is 14.8 Å². The number of rotatable bonds is 3. The second kappa shape index (κ2) is 8.39. The largest absolute Gasteiger partial charge is 0.338 e. The summed E-state index contributed by atoms with van der Waals surface area (Å²) in [5.41, 5.74) is 4.00. The minimum absolute atomic E-state index is 0. The minimum Gasteiger partial charge on any atom is -0.338 e. The van der Waals surface area contributed by atoms with Gasteiger partial charge in [0, 0.05) is 40.7 Å². The molecule has 1 saturated heterocycles. The van der Waals surface area contributed by atoms with Crippen LogP contribution in [0.15, 0.2) is 34.8 Å². The molecule has 1 aliphatic rings. The molecule has 3 rings (SSSR count). The van der Waals surface area contributed by atoms with Crippen LogP contribution in [-0.2, 0) is 0 Å². The van der Waals surface area contributed by atoms with Crippen molar-refractivity contribution in [2.75, 3.05) is 20.1 Å². The van der Waals surface area contributed by atoms with E-state index in [1.807, 2.05) is 37.1 Å². The minimum atomic E-state index is 0. The second-order valence-electron chi connectivity index (χ2n) is 6.45. The Labute approximate surface area is 164 Å². The summed E-state index contributed by atoms with van der Waals surface area (Å²) in [7, 11) is 1.99. The van der Waals surface area contributed by atoms with Gasteiger partial charge in [-0.1, -0.05) is 15.9 Å². The summed E-state index contributed by atoms with van der Waals surface area (Å²) in [6.45, 7) is 5.74. The van der Waals surface area contributed by atoms with Gasteiger partial charge >= 0.3 is 0 Å². The Bertz CT molecular complexity index is 734. The molecule has 0 unspecified atom stereocenters. The third-order valence-electron chi connectivity index (χ3n) is 4.94. The lowest BCUT2D eigenvalue weighted by molar-refractivity contribution is 0.0706. The number of aromatic nitrogens is 1. The van der Waals surface area contributed by atoms with E-state index in [0.29, 0.717) is 6.04 Å². The number of benzene rings is 1. The number of hydrogen-bond donors (Lipinski definition) is 1. The first-order valence-electron chi connectivity index (χ1n) is 8.42. The Morgan fingerprint density at radius 2 is 1.76 bits per heavy atom. The Morgan fingerprint density at radius 1 is 1.16 bits per heavy atom. The SMILES string of the molecule is CNC1CCN(C(=O)c2cc(C)n(-c3ccc(Br)cc3)c2C)CC1.Cl. The molecule has 1 N–H and O–H groups in total. The van der Waals surface area contributed by atoms with Crippen molar-refractivity contribution in [1.29, 1.82) is 0 Å². The van der Waals surface area contributed by atoms with E-state index in [9.17, 15) is 4.79 Å². The maximum absolute atomic E-state index is 13.0. The number of amides is 1. The molecule has 1 aromatic carbocycles. The predicted octanol–water partition coefficient (Wildman–Crippen LogP) is 4.10. The monoisotopic (exact) mass is 425 g/mol. The Balaban J connectivity index is 0.00000225. The maximum atomic E-state index is 13.0.